The summed E-state index contributed by atoms with van der Waals surface area (Å²) in [6.45, 7) is 0. The molecule has 0 bridgehead atoms. The first-order valence-electron chi connectivity index (χ1n) is 4.87. The summed E-state index contributed by atoms with van der Waals surface area (Å²) in [4.78, 5) is 11.7. The number of carbonyl (C=O) groups excluding carboxylic acids is 1. The molecular formula is C11H13N3O2S. The Morgan fingerprint density at radius 2 is 2.18 bits per heavy atom. The van der Waals surface area contributed by atoms with E-state index in [0.29, 0.717) is 11.3 Å². The van der Waals surface area contributed by atoms with Crippen LogP contribution in [0.2, 0.25) is 0 Å². The van der Waals surface area contributed by atoms with Crippen LogP contribution in [-0.2, 0) is 0 Å². The number of hydrazone groups is 1. The number of ether oxygens (including phenoxy) is 1. The van der Waals surface area contributed by atoms with Gasteiger partial charge in [-0.25, -0.2) is 0 Å². The number of ketones is 1. The molecule has 0 radical (unpaired) electrons. The van der Waals surface area contributed by atoms with Crippen LogP contribution in [0.1, 0.15) is 16.8 Å². The Kier molecular flexibility index (Phi) is 5.09. The number of benzene rings is 1. The summed E-state index contributed by atoms with van der Waals surface area (Å²) < 4.78 is 5.00. The van der Waals surface area contributed by atoms with Gasteiger partial charge < -0.3 is 10.5 Å². The highest BCUT2D eigenvalue weighted by Gasteiger charge is 2.03. The molecule has 6 heteroatoms. The minimum absolute atomic E-state index is 0.0406. The summed E-state index contributed by atoms with van der Waals surface area (Å²) in [6.07, 6.45) is 1.60. The van der Waals surface area contributed by atoms with Crippen molar-refractivity contribution in [3.63, 3.8) is 0 Å². The van der Waals surface area contributed by atoms with Crippen molar-refractivity contribution in [3.8, 4) is 5.75 Å². The van der Waals surface area contributed by atoms with E-state index in [2.05, 4.69) is 22.7 Å². The molecule has 0 aliphatic heterocycles. The Morgan fingerprint density at radius 1 is 1.53 bits per heavy atom. The van der Waals surface area contributed by atoms with E-state index in [-0.39, 0.29) is 17.3 Å². The number of nitrogens with one attached hydrogen (secondary N) is 1. The van der Waals surface area contributed by atoms with Gasteiger partial charge in [-0.1, -0.05) is 0 Å². The van der Waals surface area contributed by atoms with E-state index >= 15 is 0 Å². The van der Waals surface area contributed by atoms with E-state index in [1.165, 1.54) is 6.21 Å². The van der Waals surface area contributed by atoms with Crippen molar-refractivity contribution in [3.05, 3.63) is 29.8 Å². The van der Waals surface area contributed by atoms with Crippen molar-refractivity contribution >= 4 is 29.3 Å². The monoisotopic (exact) mass is 251 g/mol. The molecule has 0 aliphatic rings. The Morgan fingerprint density at radius 3 is 2.71 bits per heavy atom. The van der Waals surface area contributed by atoms with Gasteiger partial charge in [0.25, 0.3) is 0 Å². The molecule has 0 amide bonds. The number of hydrogen-bond acceptors (Lipinski definition) is 4. The Hall–Kier alpha value is -1.95. The smallest absolute Gasteiger partial charge is 0.184 e. The maximum Gasteiger partial charge on any atom is 0.184 e. The van der Waals surface area contributed by atoms with Gasteiger partial charge in [0, 0.05) is 18.2 Å². The highest BCUT2D eigenvalue weighted by Crippen LogP contribution is 2.12. The molecule has 90 valence electrons. The highest BCUT2D eigenvalue weighted by atomic mass is 32.1. The molecular weight excluding hydrogens is 238 g/mol. The van der Waals surface area contributed by atoms with E-state index in [1.54, 1.807) is 31.4 Å². The third-order valence-corrected chi connectivity index (χ3v) is 2.05. The van der Waals surface area contributed by atoms with Gasteiger partial charge in [0.15, 0.2) is 10.9 Å². The molecule has 0 saturated heterocycles. The third-order valence-electron chi connectivity index (χ3n) is 1.95. The fraction of sp³-hybridized carbons (Fsp3) is 0.182. The Labute approximate surface area is 105 Å². The van der Waals surface area contributed by atoms with Gasteiger partial charge in [-0.3, -0.25) is 10.2 Å². The number of nitrogens with zero attached hydrogens (tertiary/aromatic N) is 1. The second kappa shape index (κ2) is 6.59. The molecule has 17 heavy (non-hydrogen) atoms. The van der Waals surface area contributed by atoms with Crippen molar-refractivity contribution in [2.45, 2.75) is 6.42 Å². The molecule has 0 spiro atoms. The minimum atomic E-state index is -0.0406. The maximum atomic E-state index is 11.7. The quantitative estimate of drug-likeness (QED) is 0.354. The second-order valence-electron chi connectivity index (χ2n) is 3.14. The van der Waals surface area contributed by atoms with Crippen molar-refractivity contribution < 1.29 is 9.53 Å². The van der Waals surface area contributed by atoms with Crippen LogP contribution in [0.25, 0.3) is 0 Å². The fourth-order valence-electron chi connectivity index (χ4n) is 1.13. The zero-order chi connectivity index (χ0) is 12.7. The number of thiocarbonyl (C=S) groups is 1. The van der Waals surface area contributed by atoms with Crippen molar-refractivity contribution in [1.29, 1.82) is 0 Å². The van der Waals surface area contributed by atoms with Gasteiger partial charge in [-0.15, -0.1) is 0 Å². The number of rotatable bonds is 5. The van der Waals surface area contributed by atoms with Crippen LogP contribution in [0.3, 0.4) is 0 Å². The number of nitrogens with two attached hydrogens (primary N) is 1. The van der Waals surface area contributed by atoms with Crippen LogP contribution < -0.4 is 15.9 Å². The summed E-state index contributed by atoms with van der Waals surface area (Å²) in [5.41, 5.74) is 8.14. The largest absolute Gasteiger partial charge is 0.497 e. The lowest BCUT2D eigenvalue weighted by molar-refractivity contribution is 0.100. The molecule has 5 nitrogen and oxygen atoms in total. The van der Waals surface area contributed by atoms with Crippen molar-refractivity contribution in [2.75, 3.05) is 7.11 Å². The highest BCUT2D eigenvalue weighted by molar-refractivity contribution is 7.80. The fourth-order valence-corrected chi connectivity index (χ4v) is 1.19. The van der Waals surface area contributed by atoms with Crippen LogP contribution in [0.15, 0.2) is 29.4 Å². The second-order valence-corrected chi connectivity index (χ2v) is 3.58. The van der Waals surface area contributed by atoms with Crippen LogP contribution in [0.5, 0.6) is 5.75 Å². The number of methoxy groups -OCH3 is 1. The summed E-state index contributed by atoms with van der Waals surface area (Å²) in [5.74, 6) is 0.673. The van der Waals surface area contributed by atoms with Crippen molar-refractivity contribution in [2.24, 2.45) is 10.8 Å². The van der Waals surface area contributed by atoms with Crippen LogP contribution in [-0.4, -0.2) is 24.2 Å². The molecule has 0 aliphatic carbocycles. The molecule has 0 atom stereocenters. The first kappa shape index (κ1) is 13.1. The van der Waals surface area contributed by atoms with Gasteiger partial charge in [0.2, 0.25) is 0 Å². The number of carbonyl (C=O) groups is 1. The standard InChI is InChI=1S/C11H13N3O2S/c1-16-9-4-2-8(3-5-9)10(15)6-7-13-14-11(12)17/h2-5,7H,6H2,1H3,(H3,12,14,17)/b13-7+. The van der Waals surface area contributed by atoms with Crippen LogP contribution >= 0.6 is 12.2 Å². The average molecular weight is 251 g/mol. The first-order chi connectivity index (χ1) is 8.13. The van der Waals surface area contributed by atoms with E-state index in [1.807, 2.05) is 0 Å². The molecule has 3 N–H and O–H groups in total. The van der Waals surface area contributed by atoms with Gasteiger partial charge in [-0.05, 0) is 36.5 Å². The normalized spacial score (nSPS) is 10.2. The minimum Gasteiger partial charge on any atom is -0.497 e. The number of hydrogen-bond donors (Lipinski definition) is 2. The topological polar surface area (TPSA) is 76.7 Å². The summed E-state index contributed by atoms with van der Waals surface area (Å²) >= 11 is 4.55. The lowest BCUT2D eigenvalue weighted by Crippen LogP contribution is -2.24. The van der Waals surface area contributed by atoms with E-state index < -0.39 is 0 Å². The summed E-state index contributed by atoms with van der Waals surface area (Å²) in [6, 6.07) is 6.88. The SMILES string of the molecule is COc1ccc(C(=O)C/C=N/NC(N)=S)cc1. The summed E-state index contributed by atoms with van der Waals surface area (Å²) in [7, 11) is 1.57. The average Bonchev–Trinajstić information content (AvgIpc) is 2.34. The first-order valence-corrected chi connectivity index (χ1v) is 5.28. The predicted molar refractivity (Wildman–Crippen MR) is 70.4 cm³/mol. The van der Waals surface area contributed by atoms with Gasteiger partial charge in [0.05, 0.1) is 7.11 Å². The lowest BCUT2D eigenvalue weighted by Gasteiger charge is -2.01. The van der Waals surface area contributed by atoms with E-state index in [0.717, 1.165) is 0 Å². The molecule has 0 heterocycles. The summed E-state index contributed by atoms with van der Waals surface area (Å²) in [5, 5.41) is 3.75. The van der Waals surface area contributed by atoms with Gasteiger partial charge >= 0.3 is 0 Å². The van der Waals surface area contributed by atoms with E-state index in [4.69, 9.17) is 10.5 Å². The molecule has 0 unspecified atom stereocenters. The van der Waals surface area contributed by atoms with Gasteiger partial charge in [0.1, 0.15) is 5.75 Å². The van der Waals surface area contributed by atoms with Crippen LogP contribution in [0.4, 0.5) is 0 Å². The molecule has 0 aromatic heterocycles. The van der Waals surface area contributed by atoms with E-state index in [9.17, 15) is 4.79 Å². The number of Topliss-reactive ketones (excluding diaryl/α,β-unsaturated/α-hetero) is 1. The zero-order valence-corrected chi connectivity index (χ0v) is 10.2. The zero-order valence-electron chi connectivity index (χ0n) is 9.34. The molecule has 0 saturated carbocycles. The maximum absolute atomic E-state index is 11.7. The van der Waals surface area contributed by atoms with Crippen LogP contribution in [0, 0.1) is 0 Å². The Bertz CT molecular complexity index is 429. The molecule has 0 fully saturated rings. The van der Waals surface area contributed by atoms with Crippen molar-refractivity contribution in [1.82, 2.24) is 5.43 Å². The van der Waals surface area contributed by atoms with Gasteiger partial charge in [-0.2, -0.15) is 5.10 Å². The predicted octanol–water partition coefficient (Wildman–Crippen LogP) is 1.09. The molecule has 1 aromatic carbocycles. The molecule has 1 aromatic rings. The lowest BCUT2D eigenvalue weighted by atomic mass is 10.1. The molecule has 1 rings (SSSR count). The third kappa shape index (κ3) is 4.60. The Balaban J connectivity index is 2.52.